The number of nitrogen functional groups attached to an aromatic ring is 1. The first-order valence-electron chi connectivity index (χ1n) is 6.00. The van der Waals surface area contributed by atoms with Crippen molar-refractivity contribution in [1.82, 2.24) is 15.5 Å². The first kappa shape index (κ1) is 13.6. The van der Waals surface area contributed by atoms with Gasteiger partial charge in [-0.1, -0.05) is 0 Å². The van der Waals surface area contributed by atoms with E-state index >= 15 is 0 Å². The number of amides is 2. The van der Waals surface area contributed by atoms with Crippen molar-refractivity contribution in [2.24, 2.45) is 0 Å². The van der Waals surface area contributed by atoms with Crippen molar-refractivity contribution < 1.29 is 9.59 Å². The SMILES string of the molecule is Cc1cc(NC(=O)CNC(=O)c2ccc(N)cc2)n[nH]1. The van der Waals surface area contributed by atoms with Crippen LogP contribution in [0.2, 0.25) is 0 Å². The molecule has 0 unspecified atom stereocenters. The minimum absolute atomic E-state index is 0.130. The van der Waals surface area contributed by atoms with Gasteiger partial charge in [0.15, 0.2) is 5.82 Å². The zero-order valence-electron chi connectivity index (χ0n) is 10.9. The molecular weight excluding hydrogens is 258 g/mol. The van der Waals surface area contributed by atoms with Gasteiger partial charge in [0.2, 0.25) is 5.91 Å². The maximum atomic E-state index is 11.8. The van der Waals surface area contributed by atoms with Gasteiger partial charge in [-0.2, -0.15) is 5.10 Å². The third kappa shape index (κ3) is 3.58. The Balaban J connectivity index is 1.84. The van der Waals surface area contributed by atoms with E-state index in [0.29, 0.717) is 17.1 Å². The van der Waals surface area contributed by atoms with E-state index in [-0.39, 0.29) is 18.4 Å². The van der Waals surface area contributed by atoms with E-state index in [4.69, 9.17) is 5.73 Å². The first-order chi connectivity index (χ1) is 9.54. The summed E-state index contributed by atoms with van der Waals surface area (Å²) in [5.41, 5.74) is 7.39. The Morgan fingerprint density at radius 1 is 1.30 bits per heavy atom. The molecule has 2 rings (SSSR count). The summed E-state index contributed by atoms with van der Waals surface area (Å²) in [7, 11) is 0. The number of aryl methyl sites for hydroxylation is 1. The Bertz CT molecular complexity index is 618. The molecule has 104 valence electrons. The number of aromatic amines is 1. The van der Waals surface area contributed by atoms with Gasteiger partial charge >= 0.3 is 0 Å². The highest BCUT2D eigenvalue weighted by molar-refractivity contribution is 5.99. The van der Waals surface area contributed by atoms with Crippen LogP contribution in [0.4, 0.5) is 11.5 Å². The largest absolute Gasteiger partial charge is 0.399 e. The molecule has 0 aliphatic rings. The summed E-state index contributed by atoms with van der Waals surface area (Å²) >= 11 is 0. The van der Waals surface area contributed by atoms with Crippen LogP contribution in [0.5, 0.6) is 0 Å². The predicted molar refractivity (Wildman–Crippen MR) is 75.1 cm³/mol. The van der Waals surface area contributed by atoms with Gasteiger partial charge < -0.3 is 16.4 Å². The number of carbonyl (C=O) groups is 2. The van der Waals surface area contributed by atoms with E-state index in [9.17, 15) is 9.59 Å². The molecule has 0 fully saturated rings. The molecule has 1 aromatic heterocycles. The summed E-state index contributed by atoms with van der Waals surface area (Å²) in [6.07, 6.45) is 0. The van der Waals surface area contributed by atoms with Crippen molar-refractivity contribution in [2.75, 3.05) is 17.6 Å². The van der Waals surface area contributed by atoms with Crippen LogP contribution in [0.25, 0.3) is 0 Å². The molecule has 0 atom stereocenters. The second-order valence-electron chi connectivity index (χ2n) is 4.29. The second kappa shape index (κ2) is 5.87. The van der Waals surface area contributed by atoms with Crippen molar-refractivity contribution in [3.63, 3.8) is 0 Å². The molecule has 7 nitrogen and oxygen atoms in total. The van der Waals surface area contributed by atoms with Crippen LogP contribution in [0.3, 0.4) is 0 Å². The van der Waals surface area contributed by atoms with Crippen molar-refractivity contribution in [2.45, 2.75) is 6.92 Å². The first-order valence-corrected chi connectivity index (χ1v) is 6.00. The third-order valence-electron chi connectivity index (χ3n) is 2.56. The predicted octanol–water partition coefficient (Wildman–Crippen LogP) is 0.669. The highest BCUT2D eigenvalue weighted by Crippen LogP contribution is 2.05. The Hall–Kier alpha value is -2.83. The van der Waals surface area contributed by atoms with Gasteiger partial charge in [0.05, 0.1) is 6.54 Å². The standard InChI is InChI=1S/C13H15N5O2/c1-8-6-11(18-17-8)16-12(19)7-15-13(20)9-2-4-10(14)5-3-9/h2-6H,7,14H2,1H3,(H,15,20)(H2,16,17,18,19). The highest BCUT2D eigenvalue weighted by Gasteiger charge is 2.09. The Labute approximate surface area is 115 Å². The third-order valence-corrected chi connectivity index (χ3v) is 2.56. The number of rotatable bonds is 4. The molecular formula is C13H15N5O2. The van der Waals surface area contributed by atoms with E-state index in [0.717, 1.165) is 5.69 Å². The Kier molecular flexibility index (Phi) is 3.99. The van der Waals surface area contributed by atoms with E-state index in [1.165, 1.54) is 0 Å². The minimum Gasteiger partial charge on any atom is -0.399 e. The summed E-state index contributed by atoms with van der Waals surface area (Å²) in [6.45, 7) is 1.70. The molecule has 5 N–H and O–H groups in total. The molecule has 0 aliphatic carbocycles. The number of benzene rings is 1. The molecule has 1 heterocycles. The fourth-order valence-electron chi connectivity index (χ4n) is 1.57. The molecule has 0 bridgehead atoms. The molecule has 2 aromatic rings. The highest BCUT2D eigenvalue weighted by atomic mass is 16.2. The zero-order valence-corrected chi connectivity index (χ0v) is 10.9. The lowest BCUT2D eigenvalue weighted by molar-refractivity contribution is -0.115. The molecule has 0 saturated carbocycles. The summed E-state index contributed by atoms with van der Waals surface area (Å²) in [5, 5.41) is 11.7. The monoisotopic (exact) mass is 273 g/mol. The molecule has 0 saturated heterocycles. The van der Waals surface area contributed by atoms with Crippen LogP contribution >= 0.6 is 0 Å². The molecule has 1 aromatic carbocycles. The Morgan fingerprint density at radius 3 is 2.60 bits per heavy atom. The number of anilines is 2. The van der Waals surface area contributed by atoms with Crippen LogP contribution in [0.1, 0.15) is 16.1 Å². The van der Waals surface area contributed by atoms with Crippen molar-refractivity contribution in [3.05, 3.63) is 41.6 Å². The van der Waals surface area contributed by atoms with Gasteiger partial charge in [-0.15, -0.1) is 0 Å². The lowest BCUT2D eigenvalue weighted by Gasteiger charge is -2.05. The summed E-state index contributed by atoms with van der Waals surface area (Å²) in [5.74, 6) is -0.257. The van der Waals surface area contributed by atoms with Crippen LogP contribution in [-0.4, -0.2) is 28.6 Å². The molecule has 0 spiro atoms. The van der Waals surface area contributed by atoms with Crippen LogP contribution < -0.4 is 16.4 Å². The van der Waals surface area contributed by atoms with Gasteiger partial charge in [-0.05, 0) is 31.2 Å². The fraction of sp³-hybridized carbons (Fsp3) is 0.154. The van der Waals surface area contributed by atoms with E-state index in [1.54, 1.807) is 30.3 Å². The van der Waals surface area contributed by atoms with E-state index < -0.39 is 0 Å². The number of hydrogen-bond donors (Lipinski definition) is 4. The smallest absolute Gasteiger partial charge is 0.251 e. The van der Waals surface area contributed by atoms with E-state index in [1.807, 2.05) is 6.92 Å². The molecule has 0 aliphatic heterocycles. The number of aromatic nitrogens is 2. The number of nitrogens with zero attached hydrogens (tertiary/aromatic N) is 1. The number of carbonyl (C=O) groups excluding carboxylic acids is 2. The second-order valence-corrected chi connectivity index (χ2v) is 4.29. The molecule has 20 heavy (non-hydrogen) atoms. The van der Waals surface area contributed by atoms with E-state index in [2.05, 4.69) is 20.8 Å². The lowest BCUT2D eigenvalue weighted by atomic mass is 10.2. The van der Waals surface area contributed by atoms with Gasteiger partial charge in [0.1, 0.15) is 0 Å². The maximum Gasteiger partial charge on any atom is 0.251 e. The average molecular weight is 273 g/mol. The van der Waals surface area contributed by atoms with Crippen LogP contribution in [0.15, 0.2) is 30.3 Å². The normalized spacial score (nSPS) is 10.1. The molecule has 7 heteroatoms. The fourth-order valence-corrected chi connectivity index (χ4v) is 1.57. The average Bonchev–Trinajstić information content (AvgIpc) is 2.82. The quantitative estimate of drug-likeness (QED) is 0.613. The Morgan fingerprint density at radius 2 is 2.00 bits per heavy atom. The van der Waals surface area contributed by atoms with Crippen molar-refractivity contribution >= 4 is 23.3 Å². The van der Waals surface area contributed by atoms with Crippen molar-refractivity contribution in [1.29, 1.82) is 0 Å². The zero-order chi connectivity index (χ0) is 14.5. The summed E-state index contributed by atoms with van der Waals surface area (Å²) in [4.78, 5) is 23.4. The minimum atomic E-state index is -0.347. The summed E-state index contributed by atoms with van der Waals surface area (Å²) in [6, 6.07) is 8.14. The number of hydrogen-bond acceptors (Lipinski definition) is 4. The molecule has 2 amide bonds. The number of nitrogens with one attached hydrogen (secondary N) is 3. The van der Waals surface area contributed by atoms with Crippen LogP contribution in [-0.2, 0) is 4.79 Å². The number of nitrogens with two attached hydrogens (primary N) is 1. The lowest BCUT2D eigenvalue weighted by Crippen LogP contribution is -2.32. The van der Waals surface area contributed by atoms with Gasteiger partial charge in [-0.25, -0.2) is 0 Å². The maximum absolute atomic E-state index is 11.8. The molecule has 0 radical (unpaired) electrons. The van der Waals surface area contributed by atoms with Gasteiger partial charge in [0.25, 0.3) is 5.91 Å². The number of H-pyrrole nitrogens is 1. The summed E-state index contributed by atoms with van der Waals surface area (Å²) < 4.78 is 0. The topological polar surface area (TPSA) is 113 Å². The van der Waals surface area contributed by atoms with Gasteiger partial charge in [-0.3, -0.25) is 14.7 Å². The van der Waals surface area contributed by atoms with Gasteiger partial charge in [0, 0.05) is 23.0 Å². The van der Waals surface area contributed by atoms with Crippen molar-refractivity contribution in [3.8, 4) is 0 Å². The van der Waals surface area contributed by atoms with Crippen LogP contribution in [0, 0.1) is 6.92 Å².